The molecule has 1 aliphatic carbocycles. The fourth-order valence-corrected chi connectivity index (χ4v) is 7.32. The lowest BCUT2D eigenvalue weighted by atomic mass is 9.97. The lowest BCUT2D eigenvalue weighted by Gasteiger charge is -2.29. The molecule has 0 atom stereocenters. The van der Waals surface area contributed by atoms with Crippen LogP contribution in [0.3, 0.4) is 0 Å². The van der Waals surface area contributed by atoms with Crippen molar-refractivity contribution in [1.29, 1.82) is 5.26 Å². The first-order valence-electron chi connectivity index (χ1n) is 15.2. The van der Waals surface area contributed by atoms with Crippen molar-refractivity contribution in [3.8, 4) is 17.2 Å². The largest absolute Gasteiger partial charge is 0.339 e. The van der Waals surface area contributed by atoms with Gasteiger partial charge in [0, 0.05) is 66.7 Å². The van der Waals surface area contributed by atoms with Crippen LogP contribution in [0.5, 0.6) is 0 Å². The number of likely N-dealkylation sites (tertiary alicyclic amines) is 1. The zero-order chi connectivity index (χ0) is 30.8. The van der Waals surface area contributed by atoms with E-state index in [2.05, 4.69) is 16.4 Å². The van der Waals surface area contributed by atoms with E-state index in [-0.39, 0.29) is 23.3 Å². The van der Waals surface area contributed by atoms with Crippen molar-refractivity contribution in [2.45, 2.75) is 51.9 Å². The smallest absolute Gasteiger partial charge is 0.265 e. The Labute approximate surface area is 261 Å². The molecule has 224 valence electrons. The van der Waals surface area contributed by atoms with Gasteiger partial charge < -0.3 is 14.8 Å². The summed E-state index contributed by atoms with van der Waals surface area (Å²) < 4.78 is 1.58. The van der Waals surface area contributed by atoms with Gasteiger partial charge in [0.25, 0.3) is 17.4 Å². The lowest BCUT2D eigenvalue weighted by molar-refractivity contribution is 0.0706. The Kier molecular flexibility index (Phi) is 8.45. The number of aromatic nitrogens is 2. The number of aryl methyl sites for hydroxylation is 3. The van der Waals surface area contributed by atoms with E-state index in [1.807, 2.05) is 43.5 Å². The maximum absolute atomic E-state index is 13.2. The Hall–Kier alpha value is -4.55. The van der Waals surface area contributed by atoms with Gasteiger partial charge in [0.1, 0.15) is 0 Å². The predicted molar refractivity (Wildman–Crippen MR) is 172 cm³/mol. The monoisotopic (exact) mass is 605 g/mol. The number of anilines is 1. The Balaban J connectivity index is 1.19. The molecule has 0 unspecified atom stereocenters. The number of hydrogen-bond donors (Lipinski definition) is 1. The molecule has 8 nitrogen and oxygen atoms in total. The van der Waals surface area contributed by atoms with Crippen molar-refractivity contribution in [2.24, 2.45) is 13.0 Å². The summed E-state index contributed by atoms with van der Waals surface area (Å²) in [6, 6.07) is 15.6. The summed E-state index contributed by atoms with van der Waals surface area (Å²) in [7, 11) is 1.74. The molecule has 2 amide bonds. The lowest BCUT2D eigenvalue weighted by Crippen LogP contribution is -2.38. The minimum absolute atomic E-state index is 0.0133. The molecule has 0 bridgehead atoms. The molecule has 1 fully saturated rings. The topological polar surface area (TPSA) is 108 Å². The van der Waals surface area contributed by atoms with Gasteiger partial charge in [-0.1, -0.05) is 12.1 Å². The van der Waals surface area contributed by atoms with Crippen LogP contribution in [0.1, 0.15) is 73.0 Å². The number of piperidine rings is 1. The minimum atomic E-state index is -0.111. The van der Waals surface area contributed by atoms with Crippen LogP contribution in [-0.2, 0) is 26.3 Å². The number of nitrogens with one attached hydrogen (secondary N) is 1. The van der Waals surface area contributed by atoms with E-state index < -0.39 is 0 Å². The maximum Gasteiger partial charge on any atom is 0.265 e. The molecule has 9 heteroatoms. The number of carbonyl (C=O) groups is 2. The summed E-state index contributed by atoms with van der Waals surface area (Å²) in [5, 5.41) is 12.2. The summed E-state index contributed by atoms with van der Waals surface area (Å²) in [4.78, 5) is 47.6. The average molecular weight is 606 g/mol. The van der Waals surface area contributed by atoms with E-state index in [1.54, 1.807) is 46.2 Å². The van der Waals surface area contributed by atoms with Gasteiger partial charge in [0.15, 0.2) is 0 Å². The van der Waals surface area contributed by atoms with Gasteiger partial charge in [0.2, 0.25) is 0 Å². The van der Waals surface area contributed by atoms with Crippen molar-refractivity contribution >= 4 is 28.8 Å². The van der Waals surface area contributed by atoms with Crippen LogP contribution in [0.2, 0.25) is 0 Å². The molecule has 6 rings (SSSR count). The highest BCUT2D eigenvalue weighted by Crippen LogP contribution is 2.32. The van der Waals surface area contributed by atoms with E-state index in [0.29, 0.717) is 49.2 Å². The van der Waals surface area contributed by atoms with Gasteiger partial charge in [-0.3, -0.25) is 19.4 Å². The zero-order valence-corrected chi connectivity index (χ0v) is 25.9. The third-order valence-corrected chi connectivity index (χ3v) is 10.0. The standard InChI is InChI=1S/C35H35N5O3S/c1-22-29(7-5-8-30(22)38-33(41)32-18-24-6-3-4-9-31(24)44-32)27-16-26(34(42)39(2)21-27)17-28-11-10-25(20-37-28)35(43)40-14-12-23(19-36)13-15-40/h5,7-8,10-11,16,18,20-21,23H,3-4,6,9,12-15,17H2,1-2H3,(H,38,41). The molecule has 1 aromatic carbocycles. The van der Waals surface area contributed by atoms with E-state index in [1.165, 1.54) is 23.3 Å². The number of pyridine rings is 2. The molecular formula is C35H35N5O3S. The van der Waals surface area contributed by atoms with Gasteiger partial charge in [-0.15, -0.1) is 11.3 Å². The van der Waals surface area contributed by atoms with E-state index in [4.69, 9.17) is 5.26 Å². The van der Waals surface area contributed by atoms with Crippen molar-refractivity contribution in [3.63, 3.8) is 0 Å². The van der Waals surface area contributed by atoms with Crippen LogP contribution >= 0.6 is 11.3 Å². The first-order valence-corrected chi connectivity index (χ1v) is 16.0. The van der Waals surface area contributed by atoms with Crippen molar-refractivity contribution in [2.75, 3.05) is 18.4 Å². The van der Waals surface area contributed by atoms with Crippen LogP contribution in [0.15, 0.2) is 59.7 Å². The number of benzene rings is 1. The molecular weight excluding hydrogens is 570 g/mol. The molecule has 4 aromatic rings. The SMILES string of the molecule is Cc1c(NC(=O)c2cc3c(s2)CCCC3)cccc1-c1cc(Cc2ccc(C(=O)N3CCC(C#N)CC3)cn2)c(=O)n(C)c1. The van der Waals surface area contributed by atoms with Crippen LogP contribution < -0.4 is 10.9 Å². The second kappa shape index (κ2) is 12.6. The summed E-state index contributed by atoms with van der Waals surface area (Å²) in [5.41, 5.74) is 6.45. The molecule has 4 heterocycles. The van der Waals surface area contributed by atoms with Gasteiger partial charge in [-0.25, -0.2) is 0 Å². The van der Waals surface area contributed by atoms with E-state index in [0.717, 1.165) is 40.1 Å². The highest BCUT2D eigenvalue weighted by Gasteiger charge is 2.24. The van der Waals surface area contributed by atoms with Crippen LogP contribution in [0, 0.1) is 24.2 Å². The highest BCUT2D eigenvalue weighted by atomic mass is 32.1. The number of nitriles is 1. The number of nitrogens with zero attached hydrogens (tertiary/aromatic N) is 4. The van der Waals surface area contributed by atoms with Gasteiger partial charge in [-0.2, -0.15) is 5.26 Å². The molecule has 0 radical (unpaired) electrons. The fourth-order valence-electron chi connectivity index (χ4n) is 6.17. The summed E-state index contributed by atoms with van der Waals surface area (Å²) in [6.07, 6.45) is 9.56. The predicted octanol–water partition coefficient (Wildman–Crippen LogP) is 5.91. The highest BCUT2D eigenvalue weighted by molar-refractivity contribution is 7.14. The molecule has 0 spiro atoms. The van der Waals surface area contributed by atoms with Crippen molar-refractivity contribution in [3.05, 3.63) is 103 Å². The van der Waals surface area contributed by atoms with E-state index in [9.17, 15) is 14.4 Å². The molecule has 2 aliphatic rings. The van der Waals surface area contributed by atoms with Crippen LogP contribution in [0.25, 0.3) is 11.1 Å². The normalized spacial score (nSPS) is 15.0. The van der Waals surface area contributed by atoms with Crippen LogP contribution in [-0.4, -0.2) is 39.4 Å². The van der Waals surface area contributed by atoms with Gasteiger partial charge in [-0.05, 0) is 98.0 Å². The summed E-state index contributed by atoms with van der Waals surface area (Å²) in [5.74, 6) is -0.163. The molecule has 1 aliphatic heterocycles. The zero-order valence-electron chi connectivity index (χ0n) is 25.1. The first-order chi connectivity index (χ1) is 21.3. The molecule has 0 saturated carbocycles. The number of amides is 2. The maximum atomic E-state index is 13.2. The minimum Gasteiger partial charge on any atom is -0.339 e. The second-order valence-electron chi connectivity index (χ2n) is 11.8. The number of hydrogen-bond acceptors (Lipinski definition) is 6. The van der Waals surface area contributed by atoms with Crippen molar-refractivity contribution in [1.82, 2.24) is 14.5 Å². The average Bonchev–Trinajstić information content (AvgIpc) is 3.49. The molecule has 1 saturated heterocycles. The molecule has 1 N–H and O–H groups in total. The second-order valence-corrected chi connectivity index (χ2v) is 12.9. The molecule has 44 heavy (non-hydrogen) atoms. The quantitative estimate of drug-likeness (QED) is 0.294. The number of fused-ring (bicyclic) bond motifs is 1. The fraction of sp³-hybridized carbons (Fsp3) is 0.343. The van der Waals surface area contributed by atoms with Crippen LogP contribution in [0.4, 0.5) is 5.69 Å². The van der Waals surface area contributed by atoms with Gasteiger partial charge in [0.05, 0.1) is 16.5 Å². The Bertz CT molecular complexity index is 1800. The Morgan fingerprint density at radius 3 is 2.64 bits per heavy atom. The molecule has 3 aromatic heterocycles. The number of thiophene rings is 1. The number of rotatable bonds is 6. The summed E-state index contributed by atoms with van der Waals surface area (Å²) in [6.45, 7) is 3.12. The third kappa shape index (κ3) is 6.08. The summed E-state index contributed by atoms with van der Waals surface area (Å²) >= 11 is 1.60. The Morgan fingerprint density at radius 1 is 1.11 bits per heavy atom. The number of carbonyl (C=O) groups excluding carboxylic acids is 2. The van der Waals surface area contributed by atoms with E-state index >= 15 is 0 Å². The van der Waals surface area contributed by atoms with Gasteiger partial charge >= 0.3 is 0 Å². The third-order valence-electron chi connectivity index (χ3n) is 8.78. The Morgan fingerprint density at radius 2 is 1.91 bits per heavy atom. The van der Waals surface area contributed by atoms with Crippen molar-refractivity contribution < 1.29 is 9.59 Å². The first kappa shape index (κ1) is 29.5.